The first-order valence-corrected chi connectivity index (χ1v) is 7.03. The van der Waals surface area contributed by atoms with E-state index >= 15 is 0 Å². The van der Waals surface area contributed by atoms with Crippen molar-refractivity contribution in [1.29, 1.82) is 0 Å². The Balaban J connectivity index is 1.98. The van der Waals surface area contributed by atoms with Crippen molar-refractivity contribution < 1.29 is 19.4 Å². The molecule has 0 atom stereocenters. The molecule has 6 nitrogen and oxygen atoms in total. The molecule has 1 aromatic carbocycles. The van der Waals surface area contributed by atoms with Crippen molar-refractivity contribution in [1.82, 2.24) is 9.78 Å². The fourth-order valence-electron chi connectivity index (χ4n) is 2.33. The zero-order valence-corrected chi connectivity index (χ0v) is 12.8. The minimum Gasteiger partial charge on any atom is -0.489 e. The van der Waals surface area contributed by atoms with Gasteiger partial charge in [-0.3, -0.25) is 4.68 Å². The smallest absolute Gasteiger partial charge is 0.356 e. The van der Waals surface area contributed by atoms with Crippen LogP contribution in [0.2, 0.25) is 0 Å². The van der Waals surface area contributed by atoms with Crippen LogP contribution in [-0.2, 0) is 7.05 Å². The maximum absolute atomic E-state index is 11.0. The van der Waals surface area contributed by atoms with E-state index < -0.39 is 5.97 Å². The van der Waals surface area contributed by atoms with Crippen LogP contribution in [0.25, 0.3) is 11.3 Å². The lowest BCUT2D eigenvalue weighted by atomic mass is 9.97. The van der Waals surface area contributed by atoms with Crippen LogP contribution < -0.4 is 9.47 Å². The molecule has 0 fully saturated rings. The number of hydrogen-bond acceptors (Lipinski definition) is 4. The number of carboxylic acid groups (broad SMARTS) is 1. The van der Waals surface area contributed by atoms with Gasteiger partial charge in [0.1, 0.15) is 0 Å². The Kier molecular flexibility index (Phi) is 3.31. The zero-order chi connectivity index (χ0) is 15.9. The highest BCUT2D eigenvalue weighted by Crippen LogP contribution is 2.36. The Labute approximate surface area is 128 Å². The molecule has 0 aliphatic carbocycles. The quantitative estimate of drug-likeness (QED) is 0.923. The second kappa shape index (κ2) is 5.05. The van der Waals surface area contributed by atoms with Gasteiger partial charge in [-0.2, -0.15) is 5.10 Å². The average molecular weight is 302 g/mol. The van der Waals surface area contributed by atoms with Gasteiger partial charge < -0.3 is 14.6 Å². The molecular formula is C16H18N2O4. The number of ether oxygens (including phenoxy) is 2. The third-order valence-electron chi connectivity index (χ3n) is 3.58. The first-order chi connectivity index (χ1) is 10.4. The van der Waals surface area contributed by atoms with E-state index in [2.05, 4.69) is 18.9 Å². The normalized spacial score (nSPS) is 16.1. The molecule has 1 aliphatic heterocycles. The van der Waals surface area contributed by atoms with E-state index in [4.69, 9.17) is 14.6 Å². The van der Waals surface area contributed by atoms with E-state index in [9.17, 15) is 4.79 Å². The summed E-state index contributed by atoms with van der Waals surface area (Å²) in [4.78, 5) is 11.0. The molecule has 1 N–H and O–H groups in total. The molecule has 0 spiro atoms. The zero-order valence-electron chi connectivity index (χ0n) is 12.8. The van der Waals surface area contributed by atoms with Gasteiger partial charge in [0.05, 0.1) is 18.9 Å². The van der Waals surface area contributed by atoms with Crippen molar-refractivity contribution in [3.63, 3.8) is 0 Å². The highest BCUT2D eigenvalue weighted by Gasteiger charge is 2.25. The molecule has 0 radical (unpaired) electrons. The average Bonchev–Trinajstić information content (AvgIpc) is 2.78. The highest BCUT2D eigenvalue weighted by molar-refractivity contribution is 5.87. The summed E-state index contributed by atoms with van der Waals surface area (Å²) in [5, 5.41) is 13.0. The topological polar surface area (TPSA) is 73.6 Å². The summed E-state index contributed by atoms with van der Waals surface area (Å²) in [5.74, 6) is 0.328. The maximum atomic E-state index is 11.0. The minimum absolute atomic E-state index is 0.0192. The Bertz CT molecular complexity index is 734. The number of carbonyl (C=O) groups is 1. The van der Waals surface area contributed by atoms with Gasteiger partial charge in [-0.05, 0) is 24.3 Å². The third kappa shape index (κ3) is 2.64. The number of aryl methyl sites for hydroxylation is 1. The van der Waals surface area contributed by atoms with Crippen LogP contribution in [0.3, 0.4) is 0 Å². The van der Waals surface area contributed by atoms with Crippen molar-refractivity contribution >= 4 is 5.97 Å². The SMILES string of the molecule is Cn1nc(C(=O)O)cc1-c1ccc2c(c1)OCC(C)(C)CO2. The van der Waals surface area contributed by atoms with Crippen LogP contribution in [0.15, 0.2) is 24.3 Å². The number of fused-ring (bicyclic) bond motifs is 1. The lowest BCUT2D eigenvalue weighted by Gasteiger charge is -2.19. The largest absolute Gasteiger partial charge is 0.489 e. The second-order valence-electron chi connectivity index (χ2n) is 6.25. The summed E-state index contributed by atoms with van der Waals surface area (Å²) in [6.45, 7) is 5.32. The molecule has 0 amide bonds. The van der Waals surface area contributed by atoms with E-state index in [1.165, 1.54) is 0 Å². The van der Waals surface area contributed by atoms with Crippen molar-refractivity contribution in [2.75, 3.05) is 13.2 Å². The molecule has 3 rings (SSSR count). The van der Waals surface area contributed by atoms with Gasteiger partial charge in [-0.1, -0.05) is 13.8 Å². The van der Waals surface area contributed by atoms with E-state index in [0.717, 1.165) is 5.56 Å². The van der Waals surface area contributed by atoms with Crippen LogP contribution in [-0.4, -0.2) is 34.1 Å². The van der Waals surface area contributed by atoms with Crippen LogP contribution in [0.5, 0.6) is 11.5 Å². The molecule has 1 aliphatic rings. The number of rotatable bonds is 2. The predicted octanol–water partition coefficient (Wildman–Crippen LogP) is 2.58. The maximum Gasteiger partial charge on any atom is 0.356 e. The predicted molar refractivity (Wildman–Crippen MR) is 80.4 cm³/mol. The summed E-state index contributed by atoms with van der Waals surface area (Å²) in [7, 11) is 1.72. The highest BCUT2D eigenvalue weighted by atomic mass is 16.5. The first-order valence-electron chi connectivity index (χ1n) is 7.03. The van der Waals surface area contributed by atoms with E-state index in [1.54, 1.807) is 17.8 Å². The number of hydrogen-bond donors (Lipinski definition) is 1. The second-order valence-corrected chi connectivity index (χ2v) is 6.25. The van der Waals surface area contributed by atoms with Gasteiger partial charge >= 0.3 is 5.97 Å². The number of benzene rings is 1. The minimum atomic E-state index is -1.04. The van der Waals surface area contributed by atoms with Gasteiger partial charge in [0.2, 0.25) is 0 Å². The van der Waals surface area contributed by atoms with E-state index in [1.807, 2.05) is 18.2 Å². The van der Waals surface area contributed by atoms with Gasteiger partial charge in [-0.25, -0.2) is 4.79 Å². The molecule has 22 heavy (non-hydrogen) atoms. The van der Waals surface area contributed by atoms with Gasteiger partial charge in [0, 0.05) is 18.0 Å². The molecule has 1 aromatic heterocycles. The fraction of sp³-hybridized carbons (Fsp3) is 0.375. The van der Waals surface area contributed by atoms with Crippen molar-refractivity contribution in [2.24, 2.45) is 12.5 Å². The number of aromatic carboxylic acids is 1. The number of carboxylic acids is 1. The first kappa shape index (κ1) is 14.4. The summed E-state index contributed by atoms with van der Waals surface area (Å²) < 4.78 is 13.2. The molecule has 0 bridgehead atoms. The van der Waals surface area contributed by atoms with Gasteiger partial charge in [-0.15, -0.1) is 0 Å². The standard InChI is InChI=1S/C16H18N2O4/c1-16(2)8-21-13-5-4-10(6-14(13)22-9-16)12-7-11(15(19)20)17-18(12)3/h4-7H,8-9H2,1-3H3,(H,19,20). The molecule has 2 aromatic rings. The van der Waals surface area contributed by atoms with Crippen LogP contribution in [0.1, 0.15) is 24.3 Å². The van der Waals surface area contributed by atoms with Crippen molar-refractivity contribution in [2.45, 2.75) is 13.8 Å². The molecule has 2 heterocycles. The molecule has 0 saturated carbocycles. The van der Waals surface area contributed by atoms with E-state index in [0.29, 0.717) is 30.4 Å². The third-order valence-corrected chi connectivity index (χ3v) is 3.58. The Morgan fingerprint density at radius 3 is 2.55 bits per heavy atom. The lowest BCUT2D eigenvalue weighted by molar-refractivity contribution is 0.0689. The number of aromatic nitrogens is 2. The summed E-state index contributed by atoms with van der Waals surface area (Å²) in [6, 6.07) is 7.13. The van der Waals surface area contributed by atoms with Gasteiger partial charge in [0.25, 0.3) is 0 Å². The summed E-state index contributed by atoms with van der Waals surface area (Å²) >= 11 is 0. The summed E-state index contributed by atoms with van der Waals surface area (Å²) in [5.41, 5.74) is 1.52. The Hall–Kier alpha value is -2.50. The Morgan fingerprint density at radius 2 is 1.91 bits per heavy atom. The molecule has 0 unspecified atom stereocenters. The molecule has 116 valence electrons. The van der Waals surface area contributed by atoms with E-state index in [-0.39, 0.29) is 11.1 Å². The Morgan fingerprint density at radius 1 is 1.23 bits per heavy atom. The molecule has 0 saturated heterocycles. The lowest BCUT2D eigenvalue weighted by Crippen LogP contribution is -2.26. The van der Waals surface area contributed by atoms with Crippen LogP contribution >= 0.6 is 0 Å². The van der Waals surface area contributed by atoms with Crippen molar-refractivity contribution in [3.8, 4) is 22.8 Å². The molecule has 6 heteroatoms. The summed E-state index contributed by atoms with van der Waals surface area (Å²) in [6.07, 6.45) is 0. The van der Waals surface area contributed by atoms with Crippen LogP contribution in [0.4, 0.5) is 0 Å². The fourth-order valence-corrected chi connectivity index (χ4v) is 2.33. The van der Waals surface area contributed by atoms with Gasteiger partial charge in [0.15, 0.2) is 17.2 Å². The monoisotopic (exact) mass is 302 g/mol. The van der Waals surface area contributed by atoms with Crippen molar-refractivity contribution in [3.05, 3.63) is 30.0 Å². The number of nitrogens with zero attached hydrogens (tertiary/aromatic N) is 2. The molecular weight excluding hydrogens is 284 g/mol. The van der Waals surface area contributed by atoms with Crippen LogP contribution in [0, 0.1) is 5.41 Å².